The van der Waals surface area contributed by atoms with Crippen molar-refractivity contribution in [1.82, 2.24) is 16.1 Å². The normalized spacial score (nSPS) is 24.6. The van der Waals surface area contributed by atoms with Crippen molar-refractivity contribution in [3.05, 3.63) is 11.4 Å². The number of nitrogens with one attached hydrogen (secondary N) is 2. The predicted octanol–water partition coefficient (Wildman–Crippen LogP) is 0.361. The molecule has 0 aromatic heterocycles. The monoisotopic (exact) mass is 154 g/mol. The number of hydrogen-bond donors (Lipinski definition) is 3. The Morgan fingerprint density at radius 3 is 2.91 bits per heavy atom. The summed E-state index contributed by atoms with van der Waals surface area (Å²) in [4.78, 5) is 0. The van der Waals surface area contributed by atoms with Crippen molar-refractivity contribution in [3.8, 4) is 0 Å². The highest BCUT2D eigenvalue weighted by Crippen LogP contribution is 2.24. The topological polar surface area (TPSA) is 53.3 Å². The SMILES string of the molecule is NN1NNC2=C1CCCCC2. The molecule has 0 unspecified atom stereocenters. The van der Waals surface area contributed by atoms with E-state index in [-0.39, 0.29) is 0 Å². The molecule has 62 valence electrons. The number of hydrazine groups is 3. The molecule has 0 fully saturated rings. The van der Waals surface area contributed by atoms with Gasteiger partial charge in [0.1, 0.15) is 0 Å². The van der Waals surface area contributed by atoms with Crippen LogP contribution in [-0.4, -0.2) is 5.12 Å². The maximum Gasteiger partial charge on any atom is 0.0695 e. The van der Waals surface area contributed by atoms with Crippen LogP contribution in [0.4, 0.5) is 0 Å². The quantitative estimate of drug-likeness (QED) is 0.441. The number of nitrogens with two attached hydrogens (primary N) is 1. The van der Waals surface area contributed by atoms with Gasteiger partial charge in [-0.3, -0.25) is 0 Å². The van der Waals surface area contributed by atoms with Gasteiger partial charge >= 0.3 is 0 Å². The molecule has 0 atom stereocenters. The second-order valence-electron chi connectivity index (χ2n) is 3.09. The fraction of sp³-hybridized carbons (Fsp3) is 0.714. The molecule has 0 saturated carbocycles. The van der Waals surface area contributed by atoms with E-state index in [1.807, 2.05) is 0 Å². The second kappa shape index (κ2) is 2.71. The van der Waals surface area contributed by atoms with Crippen LogP contribution in [-0.2, 0) is 0 Å². The standard InChI is InChI=1S/C7H14N4/c8-11-7-5-3-1-2-4-6(7)9-10-11/h9-10H,1-5,8H2. The maximum absolute atomic E-state index is 5.66. The van der Waals surface area contributed by atoms with E-state index in [0.717, 1.165) is 12.8 Å². The fourth-order valence-corrected chi connectivity index (χ4v) is 1.66. The predicted molar refractivity (Wildman–Crippen MR) is 42.4 cm³/mol. The van der Waals surface area contributed by atoms with Crippen molar-refractivity contribution >= 4 is 0 Å². The molecule has 0 amide bonds. The van der Waals surface area contributed by atoms with E-state index in [2.05, 4.69) is 11.0 Å². The molecule has 4 N–H and O–H groups in total. The first-order chi connectivity index (χ1) is 5.38. The smallest absolute Gasteiger partial charge is 0.0695 e. The van der Waals surface area contributed by atoms with Gasteiger partial charge in [0.25, 0.3) is 0 Å². The van der Waals surface area contributed by atoms with Gasteiger partial charge in [-0.2, -0.15) is 0 Å². The Bertz CT molecular complexity index is 187. The lowest BCUT2D eigenvalue weighted by molar-refractivity contribution is 0.248. The number of rotatable bonds is 0. The highest BCUT2D eigenvalue weighted by Gasteiger charge is 2.20. The van der Waals surface area contributed by atoms with Gasteiger partial charge in [-0.05, 0) is 25.7 Å². The second-order valence-corrected chi connectivity index (χ2v) is 3.09. The summed E-state index contributed by atoms with van der Waals surface area (Å²) in [6.45, 7) is 0. The molecule has 1 aliphatic carbocycles. The van der Waals surface area contributed by atoms with E-state index >= 15 is 0 Å². The van der Waals surface area contributed by atoms with E-state index in [9.17, 15) is 0 Å². The lowest BCUT2D eigenvalue weighted by Gasteiger charge is -2.13. The Kier molecular flexibility index (Phi) is 1.71. The molecule has 11 heavy (non-hydrogen) atoms. The third-order valence-electron chi connectivity index (χ3n) is 2.31. The minimum atomic E-state index is 1.10. The molecule has 0 aromatic rings. The first kappa shape index (κ1) is 6.94. The first-order valence-corrected chi connectivity index (χ1v) is 4.16. The summed E-state index contributed by atoms with van der Waals surface area (Å²) in [5.74, 6) is 5.66. The highest BCUT2D eigenvalue weighted by atomic mass is 15.8. The summed E-state index contributed by atoms with van der Waals surface area (Å²) >= 11 is 0. The van der Waals surface area contributed by atoms with Gasteiger partial charge in [0, 0.05) is 0 Å². The Hall–Kier alpha value is -0.740. The number of hydrogen-bond acceptors (Lipinski definition) is 4. The van der Waals surface area contributed by atoms with Crippen LogP contribution in [0.3, 0.4) is 0 Å². The summed E-state index contributed by atoms with van der Waals surface area (Å²) in [5, 5.41) is 1.60. The van der Waals surface area contributed by atoms with Crippen LogP contribution < -0.4 is 16.8 Å². The Morgan fingerprint density at radius 1 is 1.18 bits per heavy atom. The molecule has 0 radical (unpaired) electrons. The van der Waals surface area contributed by atoms with E-state index in [0.29, 0.717) is 0 Å². The average molecular weight is 154 g/mol. The van der Waals surface area contributed by atoms with Crippen LogP contribution in [0.1, 0.15) is 32.1 Å². The molecule has 1 aliphatic heterocycles. The summed E-state index contributed by atoms with van der Waals surface area (Å²) in [6.07, 6.45) is 6.10. The third-order valence-corrected chi connectivity index (χ3v) is 2.31. The van der Waals surface area contributed by atoms with Gasteiger partial charge in [-0.25, -0.2) is 11.0 Å². The van der Waals surface area contributed by atoms with Gasteiger partial charge in [-0.15, -0.1) is 5.53 Å². The van der Waals surface area contributed by atoms with E-state index in [1.54, 1.807) is 5.12 Å². The molecule has 4 nitrogen and oxygen atoms in total. The minimum Gasteiger partial charge on any atom is -0.305 e. The van der Waals surface area contributed by atoms with E-state index in [4.69, 9.17) is 5.84 Å². The summed E-state index contributed by atoms with van der Waals surface area (Å²) in [6, 6.07) is 0. The zero-order valence-electron chi connectivity index (χ0n) is 6.56. The van der Waals surface area contributed by atoms with Crippen LogP contribution in [0.5, 0.6) is 0 Å². The van der Waals surface area contributed by atoms with Crippen molar-refractivity contribution in [2.24, 2.45) is 5.84 Å². The molecule has 4 heteroatoms. The van der Waals surface area contributed by atoms with Crippen molar-refractivity contribution in [1.29, 1.82) is 0 Å². The van der Waals surface area contributed by atoms with Gasteiger partial charge in [-0.1, -0.05) is 6.42 Å². The number of allylic oxidation sites excluding steroid dienone is 2. The van der Waals surface area contributed by atoms with Crippen molar-refractivity contribution in [2.45, 2.75) is 32.1 Å². The fourth-order valence-electron chi connectivity index (χ4n) is 1.66. The summed E-state index contributed by atoms with van der Waals surface area (Å²) < 4.78 is 0. The zero-order valence-corrected chi connectivity index (χ0v) is 6.56. The first-order valence-electron chi connectivity index (χ1n) is 4.16. The highest BCUT2D eigenvalue weighted by molar-refractivity contribution is 5.14. The van der Waals surface area contributed by atoms with Crippen LogP contribution in [0.25, 0.3) is 0 Å². The van der Waals surface area contributed by atoms with E-state index in [1.165, 1.54) is 30.7 Å². The average Bonchev–Trinajstić information content (AvgIpc) is 2.25. The van der Waals surface area contributed by atoms with E-state index < -0.39 is 0 Å². The molecule has 2 aliphatic rings. The lowest BCUT2D eigenvalue weighted by atomic mass is 10.2. The molecule has 0 bridgehead atoms. The van der Waals surface area contributed by atoms with Gasteiger partial charge < -0.3 is 5.43 Å². The maximum atomic E-state index is 5.66. The Labute approximate surface area is 66.3 Å². The molecule has 0 spiro atoms. The lowest BCUT2D eigenvalue weighted by Crippen LogP contribution is -2.42. The van der Waals surface area contributed by atoms with Crippen molar-refractivity contribution in [2.75, 3.05) is 0 Å². The molecular weight excluding hydrogens is 140 g/mol. The van der Waals surface area contributed by atoms with Gasteiger partial charge in [0.15, 0.2) is 0 Å². The number of nitrogens with zero attached hydrogens (tertiary/aromatic N) is 1. The molecule has 0 saturated heterocycles. The Balaban J connectivity index is 2.15. The Morgan fingerprint density at radius 2 is 2.00 bits per heavy atom. The van der Waals surface area contributed by atoms with Crippen LogP contribution in [0, 0.1) is 0 Å². The molecule has 0 aromatic carbocycles. The van der Waals surface area contributed by atoms with Crippen LogP contribution >= 0.6 is 0 Å². The van der Waals surface area contributed by atoms with Gasteiger partial charge in [0.05, 0.1) is 11.4 Å². The minimum absolute atomic E-state index is 1.10. The third kappa shape index (κ3) is 1.19. The summed E-state index contributed by atoms with van der Waals surface area (Å²) in [7, 11) is 0. The van der Waals surface area contributed by atoms with Crippen LogP contribution in [0.2, 0.25) is 0 Å². The zero-order chi connectivity index (χ0) is 7.68. The van der Waals surface area contributed by atoms with Crippen LogP contribution in [0.15, 0.2) is 11.4 Å². The summed E-state index contributed by atoms with van der Waals surface area (Å²) in [5.41, 5.74) is 8.48. The van der Waals surface area contributed by atoms with Crippen molar-refractivity contribution < 1.29 is 0 Å². The molecular formula is C7H14N4. The largest absolute Gasteiger partial charge is 0.305 e. The molecule has 1 heterocycles. The van der Waals surface area contributed by atoms with Gasteiger partial charge in [0.2, 0.25) is 0 Å². The van der Waals surface area contributed by atoms with Crippen molar-refractivity contribution in [3.63, 3.8) is 0 Å². The molecule has 2 rings (SSSR count).